The maximum atomic E-state index is 14.2. The van der Waals surface area contributed by atoms with E-state index in [1.165, 1.54) is 6.92 Å². The fourth-order valence-electron chi connectivity index (χ4n) is 4.37. The van der Waals surface area contributed by atoms with E-state index >= 15 is 0 Å². The topological polar surface area (TPSA) is 178 Å². The van der Waals surface area contributed by atoms with Gasteiger partial charge in [-0.05, 0) is 41.3 Å². The predicted molar refractivity (Wildman–Crippen MR) is 161 cm³/mol. The van der Waals surface area contributed by atoms with E-state index in [1.54, 1.807) is 24.3 Å². The van der Waals surface area contributed by atoms with E-state index in [0.717, 1.165) is 22.2 Å². The summed E-state index contributed by atoms with van der Waals surface area (Å²) >= 11 is 5.55. The number of carbonyl (C=O) groups excluding carboxylic acids is 1. The van der Waals surface area contributed by atoms with E-state index in [-0.39, 0.29) is 17.8 Å². The van der Waals surface area contributed by atoms with Crippen molar-refractivity contribution in [2.45, 2.75) is 57.8 Å². The van der Waals surface area contributed by atoms with Gasteiger partial charge in [0.25, 0.3) is 5.56 Å². The largest absolute Gasteiger partial charge is 0.464 e. The van der Waals surface area contributed by atoms with Gasteiger partial charge in [0, 0.05) is 23.0 Å². The number of H-pyrrole nitrogens is 1. The van der Waals surface area contributed by atoms with E-state index in [4.69, 9.17) is 30.1 Å². The molecule has 0 amide bonds. The maximum absolute atomic E-state index is 14.2. The molecule has 15 heteroatoms. The second-order valence-corrected chi connectivity index (χ2v) is 13.3. The molecule has 1 aromatic heterocycles. The van der Waals surface area contributed by atoms with Gasteiger partial charge >= 0.3 is 19.4 Å². The standard InChI is InChI=1S/C29H33ClN3O10P/c1-18(25(36)40-17-28(2,3)4)32-44(39,43-21-11-7-9-19-8-5-6-10-20(19)21)41-16-22-24(35)29(38,13-14-30)26(42-22)33-15-12-23(34)31-27(33)37/h5-12,15,18,22,24,26,35,38H,16-17H2,1-4H3,(H,32,39)(H,31,34,37)/t18-,22+,24?,26+,29?,44-/m0/s1. The van der Waals surface area contributed by atoms with E-state index in [1.807, 2.05) is 49.3 Å². The number of fused-ring (bicyclic) bond motifs is 1. The second kappa shape index (κ2) is 13.3. The monoisotopic (exact) mass is 649 g/mol. The molecular formula is C29H33ClN3O10P. The van der Waals surface area contributed by atoms with E-state index in [0.29, 0.717) is 5.39 Å². The summed E-state index contributed by atoms with van der Waals surface area (Å²) in [5.74, 6) is 1.69. The fourth-order valence-corrected chi connectivity index (χ4v) is 6.05. The molecule has 0 saturated carbocycles. The highest BCUT2D eigenvalue weighted by molar-refractivity contribution is 7.52. The Labute approximate surface area is 257 Å². The number of halogens is 1. The lowest BCUT2D eigenvalue weighted by Gasteiger charge is -2.26. The number of rotatable bonds is 10. The number of ether oxygens (including phenoxy) is 2. The number of esters is 1. The molecule has 0 spiro atoms. The van der Waals surface area contributed by atoms with Crippen molar-refractivity contribution in [2.24, 2.45) is 5.41 Å². The third-order valence-electron chi connectivity index (χ3n) is 6.56. The number of aromatic amines is 1. The van der Waals surface area contributed by atoms with Crippen molar-refractivity contribution in [1.29, 1.82) is 0 Å². The van der Waals surface area contributed by atoms with Crippen LogP contribution in [0.2, 0.25) is 0 Å². The molecule has 1 aliphatic heterocycles. The van der Waals surface area contributed by atoms with Crippen LogP contribution in [0.1, 0.15) is 33.9 Å². The van der Waals surface area contributed by atoms with Crippen molar-refractivity contribution >= 4 is 36.1 Å². The lowest BCUT2D eigenvalue weighted by molar-refractivity contribution is -0.148. The van der Waals surface area contributed by atoms with Crippen LogP contribution in [-0.2, 0) is 23.4 Å². The van der Waals surface area contributed by atoms with Crippen molar-refractivity contribution < 1.29 is 38.1 Å². The van der Waals surface area contributed by atoms with Gasteiger partial charge in [0.05, 0.1) is 13.2 Å². The van der Waals surface area contributed by atoms with Crippen molar-refractivity contribution in [3.63, 3.8) is 0 Å². The number of hydrogen-bond donors (Lipinski definition) is 4. The summed E-state index contributed by atoms with van der Waals surface area (Å²) in [4.78, 5) is 38.8. The molecule has 4 N–H and O–H groups in total. The number of hydrogen-bond acceptors (Lipinski definition) is 10. The molecule has 4 rings (SSSR count). The van der Waals surface area contributed by atoms with Gasteiger partial charge in [-0.25, -0.2) is 9.36 Å². The molecule has 1 aliphatic rings. The smallest absolute Gasteiger partial charge is 0.459 e. The Hall–Kier alpha value is -3.47. The van der Waals surface area contributed by atoms with Gasteiger partial charge in [-0.3, -0.25) is 23.7 Å². The summed E-state index contributed by atoms with van der Waals surface area (Å²) in [7, 11) is -4.47. The Bertz CT molecular complexity index is 1740. The van der Waals surface area contributed by atoms with Crippen LogP contribution in [0, 0.1) is 16.7 Å². The number of nitrogens with zero attached hydrogens (tertiary/aromatic N) is 1. The zero-order chi connectivity index (χ0) is 32.3. The van der Waals surface area contributed by atoms with Crippen LogP contribution in [0.3, 0.4) is 0 Å². The Morgan fingerprint density at radius 3 is 2.61 bits per heavy atom. The molecule has 3 aromatic rings. The predicted octanol–water partition coefficient (Wildman–Crippen LogP) is 2.65. The molecule has 13 nitrogen and oxygen atoms in total. The molecule has 1 saturated heterocycles. The van der Waals surface area contributed by atoms with E-state index in [9.17, 15) is 29.2 Å². The van der Waals surface area contributed by atoms with Gasteiger partial charge in [0.15, 0.2) is 6.23 Å². The summed E-state index contributed by atoms with van der Waals surface area (Å²) in [6.07, 6.45) is -3.91. The van der Waals surface area contributed by atoms with Crippen molar-refractivity contribution in [1.82, 2.24) is 14.6 Å². The molecule has 0 aliphatic carbocycles. The summed E-state index contributed by atoms with van der Waals surface area (Å²) in [5, 5.41) is 28.2. The first-order valence-electron chi connectivity index (χ1n) is 13.5. The van der Waals surface area contributed by atoms with Gasteiger partial charge in [0.2, 0.25) is 5.60 Å². The molecule has 0 bridgehead atoms. The molecule has 2 heterocycles. The zero-order valence-electron chi connectivity index (χ0n) is 24.4. The summed E-state index contributed by atoms with van der Waals surface area (Å²) in [6, 6.07) is 12.1. The molecule has 236 valence electrons. The Morgan fingerprint density at radius 1 is 1.23 bits per heavy atom. The number of aromatic nitrogens is 2. The van der Waals surface area contributed by atoms with Crippen LogP contribution < -0.4 is 20.9 Å². The first-order chi connectivity index (χ1) is 20.7. The summed E-state index contributed by atoms with van der Waals surface area (Å²) in [5.41, 5.74) is -4.43. The third-order valence-corrected chi connectivity index (χ3v) is 8.29. The van der Waals surface area contributed by atoms with Gasteiger partial charge < -0.3 is 24.2 Å². The minimum absolute atomic E-state index is 0.0982. The quantitative estimate of drug-likeness (QED) is 0.144. The number of carbonyl (C=O) groups is 1. The summed E-state index contributed by atoms with van der Waals surface area (Å²) in [6.45, 7) is 6.48. The Kier molecular flexibility index (Phi) is 10.1. The molecule has 0 radical (unpaired) electrons. The maximum Gasteiger partial charge on any atom is 0.459 e. The number of nitrogens with one attached hydrogen (secondary N) is 2. The average Bonchev–Trinajstić information content (AvgIpc) is 3.19. The first-order valence-corrected chi connectivity index (χ1v) is 15.4. The first kappa shape index (κ1) is 33.4. The Balaban J connectivity index is 1.63. The number of benzene rings is 2. The zero-order valence-corrected chi connectivity index (χ0v) is 26.0. The molecule has 1 fully saturated rings. The molecule has 2 unspecified atom stereocenters. The highest BCUT2D eigenvalue weighted by Crippen LogP contribution is 2.48. The van der Waals surface area contributed by atoms with Gasteiger partial charge in [0.1, 0.15) is 24.0 Å². The van der Waals surface area contributed by atoms with Crippen LogP contribution >= 0.6 is 19.3 Å². The van der Waals surface area contributed by atoms with Gasteiger partial charge in [-0.2, -0.15) is 5.09 Å². The lowest BCUT2D eigenvalue weighted by atomic mass is 9.95. The third kappa shape index (κ3) is 7.60. The minimum atomic E-state index is -4.47. The lowest BCUT2D eigenvalue weighted by Crippen LogP contribution is -2.48. The average molecular weight is 650 g/mol. The molecule has 2 aromatic carbocycles. The second-order valence-electron chi connectivity index (χ2n) is 11.4. The SMILES string of the molecule is C[C@H](N[P@](=O)(OC[C@H]1O[C@@H](n2ccc(=O)[nH]c2=O)C(O)(C#CCl)C1O)Oc1cccc2ccccc12)C(=O)OCC(C)(C)C. The highest BCUT2D eigenvalue weighted by Gasteiger charge is 2.56. The Morgan fingerprint density at radius 2 is 1.93 bits per heavy atom. The van der Waals surface area contributed by atoms with Crippen molar-refractivity contribution in [3.8, 4) is 17.0 Å². The van der Waals surface area contributed by atoms with Gasteiger partial charge in [-0.15, -0.1) is 0 Å². The molecule has 44 heavy (non-hydrogen) atoms. The summed E-state index contributed by atoms with van der Waals surface area (Å²) < 4.78 is 37.7. The van der Waals surface area contributed by atoms with E-state index in [2.05, 4.69) is 11.0 Å². The number of aliphatic hydroxyl groups excluding tert-OH is 1. The number of aliphatic hydroxyl groups is 2. The normalized spacial score (nSPS) is 23.8. The van der Waals surface area contributed by atoms with Crippen LogP contribution in [0.25, 0.3) is 10.8 Å². The minimum Gasteiger partial charge on any atom is -0.464 e. The van der Waals surface area contributed by atoms with Crippen LogP contribution in [0.5, 0.6) is 5.75 Å². The van der Waals surface area contributed by atoms with Crippen molar-refractivity contribution in [2.75, 3.05) is 13.2 Å². The van der Waals surface area contributed by atoms with Crippen LogP contribution in [0.4, 0.5) is 0 Å². The molecule has 6 atom stereocenters. The van der Waals surface area contributed by atoms with Crippen LogP contribution in [-0.4, -0.2) is 62.8 Å². The van der Waals surface area contributed by atoms with Gasteiger partial charge in [-0.1, -0.05) is 57.2 Å². The van der Waals surface area contributed by atoms with E-state index < -0.39 is 61.7 Å². The highest BCUT2D eigenvalue weighted by atomic mass is 35.5. The molecular weight excluding hydrogens is 617 g/mol. The van der Waals surface area contributed by atoms with Crippen LogP contribution in [0.15, 0.2) is 64.3 Å². The fraction of sp³-hybridized carbons (Fsp3) is 0.414. The van der Waals surface area contributed by atoms with Crippen molar-refractivity contribution in [3.05, 3.63) is 75.6 Å².